The maximum absolute atomic E-state index is 14.1. The molecule has 1 aliphatic rings. The third-order valence-electron chi connectivity index (χ3n) is 5.05. The summed E-state index contributed by atoms with van der Waals surface area (Å²) in [7, 11) is -3.91. The molecule has 2 heterocycles. The SMILES string of the molecule is Cc1nc(N2CC(C)CN(c3ccc(-c4ccccc4F)cc3)C2=O)sc1S(N)(=O)=O. The van der Waals surface area contributed by atoms with Crippen LogP contribution in [0.4, 0.5) is 20.0 Å². The van der Waals surface area contributed by atoms with Crippen molar-refractivity contribution in [2.24, 2.45) is 11.1 Å². The van der Waals surface area contributed by atoms with Crippen molar-refractivity contribution >= 4 is 38.2 Å². The van der Waals surface area contributed by atoms with Gasteiger partial charge in [-0.3, -0.25) is 9.80 Å². The number of urea groups is 1. The fourth-order valence-corrected chi connectivity index (χ4v) is 5.57. The lowest BCUT2D eigenvalue weighted by Gasteiger charge is -2.37. The molecule has 1 unspecified atom stereocenters. The first-order valence-corrected chi connectivity index (χ1v) is 12.0. The van der Waals surface area contributed by atoms with Gasteiger partial charge in [-0.05, 0) is 36.6 Å². The van der Waals surface area contributed by atoms with E-state index < -0.39 is 10.0 Å². The number of nitrogens with two attached hydrogens (primary N) is 1. The lowest BCUT2D eigenvalue weighted by Crippen LogP contribution is -2.53. The van der Waals surface area contributed by atoms with Crippen LogP contribution in [0.1, 0.15) is 12.6 Å². The van der Waals surface area contributed by atoms with Gasteiger partial charge < -0.3 is 0 Å². The highest BCUT2D eigenvalue weighted by Crippen LogP contribution is 2.34. The van der Waals surface area contributed by atoms with Crippen molar-refractivity contribution in [1.82, 2.24) is 4.98 Å². The predicted octanol–water partition coefficient (Wildman–Crippen LogP) is 3.99. The summed E-state index contributed by atoms with van der Waals surface area (Å²) in [4.78, 5) is 20.6. The Morgan fingerprint density at radius 1 is 1.10 bits per heavy atom. The molecule has 2 N–H and O–H groups in total. The number of benzene rings is 2. The van der Waals surface area contributed by atoms with Crippen LogP contribution in [-0.4, -0.2) is 32.5 Å². The van der Waals surface area contributed by atoms with Crippen LogP contribution in [0.5, 0.6) is 0 Å². The Morgan fingerprint density at radius 2 is 1.74 bits per heavy atom. The molecule has 0 saturated carbocycles. The second-order valence-corrected chi connectivity index (χ2v) is 10.3. The van der Waals surface area contributed by atoms with E-state index in [1.165, 1.54) is 11.0 Å². The highest BCUT2D eigenvalue weighted by Gasteiger charge is 2.34. The van der Waals surface area contributed by atoms with Gasteiger partial charge in [0.1, 0.15) is 5.82 Å². The number of hydrogen-bond acceptors (Lipinski definition) is 5. The molecule has 0 bridgehead atoms. The zero-order valence-electron chi connectivity index (χ0n) is 16.9. The molecule has 7 nitrogen and oxygen atoms in total. The third-order valence-corrected chi connectivity index (χ3v) is 7.78. The van der Waals surface area contributed by atoms with Gasteiger partial charge >= 0.3 is 6.03 Å². The van der Waals surface area contributed by atoms with Gasteiger partial charge in [0.25, 0.3) is 0 Å². The number of carbonyl (C=O) groups is 1. The van der Waals surface area contributed by atoms with Crippen molar-refractivity contribution in [2.45, 2.75) is 18.1 Å². The average molecular weight is 461 g/mol. The van der Waals surface area contributed by atoms with Gasteiger partial charge in [0.15, 0.2) is 9.34 Å². The average Bonchev–Trinajstić information content (AvgIpc) is 3.12. The maximum Gasteiger partial charge on any atom is 0.330 e. The number of halogens is 1. The first kappa shape index (κ1) is 21.4. The Kier molecular flexibility index (Phi) is 5.54. The van der Waals surface area contributed by atoms with Crippen LogP contribution in [0, 0.1) is 18.7 Å². The third kappa shape index (κ3) is 4.18. The van der Waals surface area contributed by atoms with Gasteiger partial charge in [0.2, 0.25) is 10.0 Å². The Labute approximate surface area is 184 Å². The van der Waals surface area contributed by atoms with E-state index in [9.17, 15) is 17.6 Å². The number of nitrogens with zero attached hydrogens (tertiary/aromatic N) is 3. The van der Waals surface area contributed by atoms with Gasteiger partial charge in [-0.25, -0.2) is 27.7 Å². The number of thiazole rings is 1. The van der Waals surface area contributed by atoms with E-state index in [0.717, 1.165) is 11.3 Å². The second-order valence-electron chi connectivity index (χ2n) is 7.55. The highest BCUT2D eigenvalue weighted by atomic mass is 32.2. The standard InChI is InChI=1S/C21H21FN4O3S2/c1-13-11-25(16-9-7-15(8-10-16)17-5-3-4-6-18(17)22)21(27)26(12-13)20-24-14(2)19(30-20)31(23,28)29/h3-10,13H,11-12H2,1-2H3,(H2,23,28,29). The summed E-state index contributed by atoms with van der Waals surface area (Å²) >= 11 is 0.890. The second kappa shape index (κ2) is 8.03. The first-order chi connectivity index (χ1) is 14.6. The van der Waals surface area contributed by atoms with Crippen molar-refractivity contribution in [3.8, 4) is 11.1 Å². The molecule has 1 saturated heterocycles. The Balaban J connectivity index is 1.64. The molecule has 1 aliphatic heterocycles. The number of aryl methyl sites for hydroxylation is 1. The number of amides is 2. The minimum Gasteiger partial charge on any atom is -0.294 e. The Hall–Kier alpha value is -2.82. The van der Waals surface area contributed by atoms with Crippen molar-refractivity contribution in [3.05, 3.63) is 60.0 Å². The first-order valence-electron chi connectivity index (χ1n) is 9.59. The van der Waals surface area contributed by atoms with Crippen LogP contribution in [0.25, 0.3) is 11.1 Å². The minimum atomic E-state index is -3.91. The van der Waals surface area contributed by atoms with Crippen LogP contribution in [0.3, 0.4) is 0 Å². The molecule has 3 aromatic rings. The highest BCUT2D eigenvalue weighted by molar-refractivity contribution is 7.91. The van der Waals surface area contributed by atoms with E-state index in [-0.39, 0.29) is 27.7 Å². The van der Waals surface area contributed by atoms with Crippen LogP contribution in [0.15, 0.2) is 52.7 Å². The fourth-order valence-electron chi connectivity index (χ4n) is 3.62. The lowest BCUT2D eigenvalue weighted by molar-refractivity contribution is 0.245. The largest absolute Gasteiger partial charge is 0.330 e. The number of anilines is 2. The van der Waals surface area contributed by atoms with Crippen molar-refractivity contribution in [1.29, 1.82) is 0 Å². The minimum absolute atomic E-state index is 0.0469. The smallest absolute Gasteiger partial charge is 0.294 e. The summed E-state index contributed by atoms with van der Waals surface area (Å²) < 4.78 is 37.5. The van der Waals surface area contributed by atoms with Crippen LogP contribution >= 0.6 is 11.3 Å². The molecule has 1 atom stereocenters. The molecule has 1 fully saturated rings. The number of primary sulfonamides is 1. The molecule has 2 aromatic carbocycles. The van der Waals surface area contributed by atoms with E-state index >= 15 is 0 Å². The van der Waals surface area contributed by atoms with Gasteiger partial charge in [-0.2, -0.15) is 0 Å². The van der Waals surface area contributed by atoms with E-state index in [1.54, 1.807) is 54.3 Å². The monoisotopic (exact) mass is 460 g/mol. The maximum atomic E-state index is 14.1. The van der Waals surface area contributed by atoms with Gasteiger partial charge in [0.05, 0.1) is 5.69 Å². The molecule has 31 heavy (non-hydrogen) atoms. The number of rotatable bonds is 4. The zero-order chi connectivity index (χ0) is 22.3. The molecular weight excluding hydrogens is 439 g/mol. The number of aromatic nitrogens is 1. The molecule has 2 amide bonds. The summed E-state index contributed by atoms with van der Waals surface area (Å²) in [6, 6.07) is 13.3. The molecular formula is C21H21FN4O3S2. The number of hydrogen-bond donors (Lipinski definition) is 1. The normalized spacial score (nSPS) is 17.3. The predicted molar refractivity (Wildman–Crippen MR) is 119 cm³/mol. The molecule has 162 valence electrons. The van der Waals surface area contributed by atoms with E-state index in [0.29, 0.717) is 35.0 Å². The fraction of sp³-hybridized carbons (Fsp3) is 0.238. The molecule has 0 aliphatic carbocycles. The van der Waals surface area contributed by atoms with Gasteiger partial charge in [-0.1, -0.05) is 48.6 Å². The van der Waals surface area contributed by atoms with Crippen molar-refractivity contribution in [3.63, 3.8) is 0 Å². The van der Waals surface area contributed by atoms with Crippen LogP contribution in [-0.2, 0) is 10.0 Å². The van der Waals surface area contributed by atoms with E-state index in [4.69, 9.17) is 5.14 Å². The molecule has 0 radical (unpaired) electrons. The summed E-state index contributed by atoms with van der Waals surface area (Å²) in [5, 5.41) is 5.55. The molecule has 0 spiro atoms. The zero-order valence-corrected chi connectivity index (χ0v) is 18.6. The van der Waals surface area contributed by atoms with Gasteiger partial charge in [0, 0.05) is 24.3 Å². The molecule has 1 aromatic heterocycles. The molecule has 10 heteroatoms. The summed E-state index contributed by atoms with van der Waals surface area (Å²) in [5.74, 6) is -0.194. The van der Waals surface area contributed by atoms with Crippen LogP contribution in [0.2, 0.25) is 0 Å². The number of carbonyl (C=O) groups excluding carboxylic acids is 1. The topological polar surface area (TPSA) is 96.6 Å². The van der Waals surface area contributed by atoms with E-state index in [1.807, 2.05) is 6.92 Å². The van der Waals surface area contributed by atoms with Crippen molar-refractivity contribution < 1.29 is 17.6 Å². The summed E-state index contributed by atoms with van der Waals surface area (Å²) in [6.07, 6.45) is 0. The lowest BCUT2D eigenvalue weighted by atomic mass is 10.0. The summed E-state index contributed by atoms with van der Waals surface area (Å²) in [5.41, 5.74) is 2.14. The van der Waals surface area contributed by atoms with E-state index in [2.05, 4.69) is 4.98 Å². The Morgan fingerprint density at radius 3 is 2.35 bits per heavy atom. The Bertz CT molecular complexity index is 1240. The van der Waals surface area contributed by atoms with Crippen molar-refractivity contribution in [2.75, 3.05) is 22.9 Å². The quantitative estimate of drug-likeness (QED) is 0.637. The summed E-state index contributed by atoms with van der Waals surface area (Å²) in [6.45, 7) is 4.47. The molecule has 4 rings (SSSR count). The van der Waals surface area contributed by atoms with Gasteiger partial charge in [-0.15, -0.1) is 0 Å². The number of sulfonamides is 1. The van der Waals surface area contributed by atoms with Crippen LogP contribution < -0.4 is 14.9 Å².